The summed E-state index contributed by atoms with van der Waals surface area (Å²) in [7, 11) is 0. The van der Waals surface area contributed by atoms with Gasteiger partial charge in [-0.1, -0.05) is 43.6 Å². The number of hydrogen-bond donors (Lipinski definition) is 10. The van der Waals surface area contributed by atoms with Crippen LogP contribution in [-0.4, -0.2) is 139 Å². The number of carbonyl (C=O) groups is 1. The number of H-pyrrole nitrogens is 1. The first kappa shape index (κ1) is 44.8. The first-order chi connectivity index (χ1) is 26.5. The zero-order valence-corrected chi connectivity index (χ0v) is 31.7. The molecule has 0 bridgehead atoms. The van der Waals surface area contributed by atoms with Gasteiger partial charge in [0, 0.05) is 30.1 Å². The maximum absolute atomic E-state index is 12.5. The molecule has 1 aromatic carbocycles. The number of hydrogen-bond acceptors (Lipinski definition) is 13. The van der Waals surface area contributed by atoms with Gasteiger partial charge in [0.2, 0.25) is 12.2 Å². The molecule has 11 atom stereocenters. The van der Waals surface area contributed by atoms with Crippen molar-refractivity contribution < 1.29 is 64.6 Å². The van der Waals surface area contributed by atoms with Crippen LogP contribution in [0.1, 0.15) is 83.1 Å². The molecule has 2 aliphatic heterocycles. The fourth-order valence-electron chi connectivity index (χ4n) is 6.65. The molecule has 0 spiro atoms. The van der Waals surface area contributed by atoms with Crippen molar-refractivity contribution >= 4 is 16.8 Å². The van der Waals surface area contributed by atoms with Gasteiger partial charge < -0.3 is 70.1 Å². The number of aliphatic hydroxyl groups is 8. The lowest BCUT2D eigenvalue weighted by atomic mass is 9.98. The van der Waals surface area contributed by atoms with E-state index >= 15 is 0 Å². The van der Waals surface area contributed by atoms with E-state index in [9.17, 15) is 45.6 Å². The summed E-state index contributed by atoms with van der Waals surface area (Å²) >= 11 is 0. The summed E-state index contributed by atoms with van der Waals surface area (Å²) < 4.78 is 22.5. The largest absolute Gasteiger partial charge is 0.462 e. The minimum Gasteiger partial charge on any atom is -0.462 e. The predicted octanol–water partition coefficient (Wildman–Crippen LogP) is 1.61. The quantitative estimate of drug-likeness (QED) is 0.0571. The van der Waals surface area contributed by atoms with E-state index in [4.69, 9.17) is 18.9 Å². The molecule has 3 heterocycles. The maximum Gasteiger partial charge on any atom is 0.229 e. The number of benzene rings is 1. The third-order valence-electron chi connectivity index (χ3n) is 10.0. The van der Waals surface area contributed by atoms with Gasteiger partial charge in [-0.25, -0.2) is 0 Å². The number of allylic oxidation sites excluding steroid dienone is 4. The minimum atomic E-state index is -1.68. The van der Waals surface area contributed by atoms with E-state index in [0.717, 1.165) is 61.4 Å². The molecule has 310 valence electrons. The monoisotopic (exact) mass is 778 g/mol. The lowest BCUT2D eigenvalue weighted by molar-refractivity contribution is -0.323. The van der Waals surface area contributed by atoms with Crippen molar-refractivity contribution in [3.63, 3.8) is 0 Å². The molecule has 15 heteroatoms. The Morgan fingerprint density at radius 2 is 1.49 bits per heavy atom. The number of carbonyl (C=O) groups excluding carboxylic acids is 1. The average molecular weight is 779 g/mol. The first-order valence-electron chi connectivity index (χ1n) is 19.6. The molecule has 2 saturated heterocycles. The fraction of sp³-hybridized carbons (Fsp3) is 0.675. The number of amides is 1. The Balaban J connectivity index is 1.15. The molecule has 0 saturated carbocycles. The highest BCUT2D eigenvalue weighted by molar-refractivity contribution is 5.84. The third-order valence-corrected chi connectivity index (χ3v) is 10.0. The number of aromatic amines is 1. The summed E-state index contributed by atoms with van der Waals surface area (Å²) in [5.41, 5.74) is 1.75. The Labute approximate surface area is 322 Å². The zero-order valence-electron chi connectivity index (χ0n) is 31.7. The normalized spacial score (nSPS) is 29.3. The van der Waals surface area contributed by atoms with E-state index in [1.807, 2.05) is 13.1 Å². The molecular weight excluding hydrogens is 716 g/mol. The molecule has 10 N–H and O–H groups in total. The van der Waals surface area contributed by atoms with Crippen LogP contribution in [0.5, 0.6) is 5.75 Å². The van der Waals surface area contributed by atoms with Crippen molar-refractivity contribution in [3.8, 4) is 5.75 Å². The van der Waals surface area contributed by atoms with E-state index in [0.29, 0.717) is 25.1 Å². The molecule has 4 rings (SSSR count). The van der Waals surface area contributed by atoms with Crippen molar-refractivity contribution in [2.75, 3.05) is 19.8 Å². The predicted molar refractivity (Wildman–Crippen MR) is 203 cm³/mol. The van der Waals surface area contributed by atoms with Crippen molar-refractivity contribution in [3.05, 3.63) is 54.3 Å². The molecular formula is C40H62N2O13. The summed E-state index contributed by atoms with van der Waals surface area (Å²) in [4.78, 5) is 15.7. The molecule has 2 aliphatic rings. The number of aliphatic hydroxyl groups excluding tert-OH is 8. The zero-order chi connectivity index (χ0) is 39.7. The van der Waals surface area contributed by atoms with Crippen LogP contribution in [0.3, 0.4) is 0 Å². The summed E-state index contributed by atoms with van der Waals surface area (Å²) in [5.74, 6) is 0.301. The lowest BCUT2D eigenvalue weighted by Crippen LogP contribution is -2.62. The average Bonchev–Trinajstić information content (AvgIpc) is 3.57. The number of rotatable bonds is 23. The maximum atomic E-state index is 12.5. The Kier molecular flexibility index (Phi) is 19.0. The Hall–Kier alpha value is -2.93. The number of fused-ring (bicyclic) bond motifs is 1. The molecule has 2 fully saturated rings. The van der Waals surface area contributed by atoms with Gasteiger partial charge >= 0.3 is 0 Å². The van der Waals surface area contributed by atoms with Crippen LogP contribution in [-0.2, 0) is 25.4 Å². The van der Waals surface area contributed by atoms with Gasteiger partial charge in [0.05, 0.1) is 19.3 Å². The van der Waals surface area contributed by atoms with E-state index in [1.165, 1.54) is 19.3 Å². The Morgan fingerprint density at radius 3 is 2.20 bits per heavy atom. The number of ether oxygens (including phenoxy) is 4. The summed E-state index contributed by atoms with van der Waals surface area (Å²) in [6.07, 6.45) is 6.43. The van der Waals surface area contributed by atoms with Crippen molar-refractivity contribution in [1.82, 2.24) is 10.3 Å². The highest BCUT2D eigenvalue weighted by Crippen LogP contribution is 2.29. The summed E-state index contributed by atoms with van der Waals surface area (Å²) in [6.45, 7) is 1.16. The van der Waals surface area contributed by atoms with Crippen molar-refractivity contribution in [1.29, 1.82) is 0 Å². The molecule has 1 unspecified atom stereocenters. The minimum absolute atomic E-state index is 0.00379. The van der Waals surface area contributed by atoms with Crippen LogP contribution < -0.4 is 10.1 Å². The van der Waals surface area contributed by atoms with Gasteiger partial charge in [-0.05, 0) is 82.1 Å². The van der Waals surface area contributed by atoms with Gasteiger partial charge in [-0.15, -0.1) is 0 Å². The van der Waals surface area contributed by atoms with Gasteiger partial charge in [-0.3, -0.25) is 4.79 Å². The third kappa shape index (κ3) is 13.9. The van der Waals surface area contributed by atoms with Crippen LogP contribution in [0, 0.1) is 0 Å². The van der Waals surface area contributed by atoms with Crippen LogP contribution in [0.4, 0.5) is 0 Å². The number of unbranched alkanes of at least 4 members (excludes halogenated alkanes) is 6. The van der Waals surface area contributed by atoms with Gasteiger partial charge in [-0.2, -0.15) is 0 Å². The Bertz CT molecular complexity index is 1470. The second-order valence-electron chi connectivity index (χ2n) is 14.5. The summed E-state index contributed by atoms with van der Waals surface area (Å²) in [6, 6.07) is 5.17. The van der Waals surface area contributed by atoms with Crippen molar-refractivity contribution in [2.24, 2.45) is 0 Å². The van der Waals surface area contributed by atoms with Crippen LogP contribution in [0.15, 0.2) is 48.7 Å². The topological polar surface area (TPSA) is 244 Å². The standard InChI is InChI=1S/C40H62N2O13/c1-25(44)15-13-11-9-7-5-3-2-4-6-8-10-12-14-16-32(45)41-20-19-26-22-42-29-18-17-27(21-28(26)29)53-40-38(51)36(49)34(47)31(55-40)24-52-39-37(50)35(48)33(46)30(23-43)54-39/h2-3,6,8,17-18,21-22,25,30-31,33-40,42-44,46-51H,4-5,7,9-16,19-20,23-24H2,1H3,(H,41,45)/b3-2-,8-6-/t25-,30-,31-,33-,34-,35+,36+,37-,38-,39?,40-/m1/s1. The van der Waals surface area contributed by atoms with Gasteiger partial charge in [0.1, 0.15) is 54.6 Å². The molecule has 0 radical (unpaired) electrons. The molecule has 55 heavy (non-hydrogen) atoms. The molecule has 1 aromatic heterocycles. The van der Waals surface area contributed by atoms with Crippen LogP contribution in [0.25, 0.3) is 10.9 Å². The first-order valence-corrected chi connectivity index (χ1v) is 19.6. The highest BCUT2D eigenvalue weighted by Gasteiger charge is 2.48. The van der Waals surface area contributed by atoms with Crippen LogP contribution >= 0.6 is 0 Å². The fourth-order valence-corrected chi connectivity index (χ4v) is 6.65. The second kappa shape index (κ2) is 23.3. The molecule has 0 aliphatic carbocycles. The van der Waals surface area contributed by atoms with E-state index in [-0.39, 0.29) is 12.0 Å². The van der Waals surface area contributed by atoms with E-state index in [1.54, 1.807) is 18.2 Å². The van der Waals surface area contributed by atoms with E-state index in [2.05, 4.69) is 34.6 Å². The highest BCUT2D eigenvalue weighted by atomic mass is 16.7. The van der Waals surface area contributed by atoms with Crippen molar-refractivity contribution in [2.45, 2.75) is 151 Å². The molecule has 2 aromatic rings. The molecule has 1 amide bonds. The van der Waals surface area contributed by atoms with Crippen LogP contribution in [0.2, 0.25) is 0 Å². The lowest BCUT2D eigenvalue weighted by Gasteiger charge is -2.42. The van der Waals surface area contributed by atoms with Gasteiger partial charge in [0.15, 0.2) is 6.29 Å². The number of nitrogens with one attached hydrogen (secondary N) is 2. The SMILES string of the molecule is C[C@@H](O)CCCCCC/C=C\C/C=C\CCCCC(=O)NCCc1c[nH]c2ccc(O[C@@H]3O[C@H](COC4O[C@H](CO)[C@@H](O)[C@H](O)[C@H]4O)[C@@H](O)[C@H](O)[C@H]3O)cc12. The summed E-state index contributed by atoms with van der Waals surface area (Å²) in [5, 5.41) is 84.6. The smallest absolute Gasteiger partial charge is 0.229 e. The molecule has 15 nitrogen and oxygen atoms in total. The second-order valence-corrected chi connectivity index (χ2v) is 14.5. The number of aromatic nitrogens is 1. The Morgan fingerprint density at radius 1 is 0.836 bits per heavy atom. The van der Waals surface area contributed by atoms with Gasteiger partial charge in [0.25, 0.3) is 0 Å². The van der Waals surface area contributed by atoms with E-state index < -0.39 is 74.6 Å².